The van der Waals surface area contributed by atoms with Crippen LogP contribution in [0.4, 0.5) is 0 Å². The van der Waals surface area contributed by atoms with Crippen molar-refractivity contribution >= 4 is 0 Å². The minimum absolute atomic E-state index is 0.518. The molecule has 4 heteroatoms. The standard InChI is InChI=1S/C24H26O4/c1-17-13-21(9-11-23(17)25-3)27-15-19-5-7-20(8-6-19)16-28-22-10-12-24(26-4)18(2)14-22/h5-14H,15-16H2,1-4H3. The molecule has 0 amide bonds. The van der Waals surface area contributed by atoms with Gasteiger partial charge in [0, 0.05) is 0 Å². The monoisotopic (exact) mass is 378 g/mol. The van der Waals surface area contributed by atoms with Gasteiger partial charge in [0.05, 0.1) is 14.2 Å². The molecule has 0 spiro atoms. The van der Waals surface area contributed by atoms with Gasteiger partial charge in [-0.15, -0.1) is 0 Å². The lowest BCUT2D eigenvalue weighted by molar-refractivity contribution is 0.301. The Kier molecular flexibility index (Phi) is 6.43. The van der Waals surface area contributed by atoms with E-state index in [9.17, 15) is 0 Å². The van der Waals surface area contributed by atoms with Crippen molar-refractivity contribution in [3.63, 3.8) is 0 Å². The second kappa shape index (κ2) is 9.18. The van der Waals surface area contributed by atoms with Gasteiger partial charge < -0.3 is 18.9 Å². The molecule has 0 aliphatic rings. The third-order valence-corrected chi connectivity index (χ3v) is 4.57. The van der Waals surface area contributed by atoms with Crippen LogP contribution in [0.2, 0.25) is 0 Å². The first-order chi connectivity index (χ1) is 13.6. The summed E-state index contributed by atoms with van der Waals surface area (Å²) in [5, 5.41) is 0. The summed E-state index contributed by atoms with van der Waals surface area (Å²) in [6.45, 7) is 5.05. The van der Waals surface area contributed by atoms with Crippen LogP contribution >= 0.6 is 0 Å². The molecule has 0 saturated carbocycles. The number of hydrogen-bond donors (Lipinski definition) is 0. The second-order valence-electron chi connectivity index (χ2n) is 6.66. The highest BCUT2D eigenvalue weighted by molar-refractivity contribution is 5.40. The highest BCUT2D eigenvalue weighted by atomic mass is 16.5. The van der Waals surface area contributed by atoms with Crippen molar-refractivity contribution in [3.05, 3.63) is 82.9 Å². The molecule has 0 saturated heterocycles. The fourth-order valence-electron chi connectivity index (χ4n) is 2.95. The van der Waals surface area contributed by atoms with Crippen molar-refractivity contribution < 1.29 is 18.9 Å². The minimum Gasteiger partial charge on any atom is -0.496 e. The summed E-state index contributed by atoms with van der Waals surface area (Å²) in [7, 11) is 3.34. The Morgan fingerprint density at radius 2 is 0.964 bits per heavy atom. The first kappa shape index (κ1) is 19.6. The normalized spacial score (nSPS) is 10.4. The van der Waals surface area contributed by atoms with Gasteiger partial charge in [0.2, 0.25) is 0 Å². The maximum Gasteiger partial charge on any atom is 0.122 e. The van der Waals surface area contributed by atoms with Crippen molar-refractivity contribution in [2.75, 3.05) is 14.2 Å². The molecule has 0 atom stereocenters. The van der Waals surface area contributed by atoms with Gasteiger partial charge in [-0.05, 0) is 72.5 Å². The van der Waals surface area contributed by atoms with Gasteiger partial charge in [-0.1, -0.05) is 24.3 Å². The van der Waals surface area contributed by atoms with E-state index < -0.39 is 0 Å². The zero-order valence-electron chi connectivity index (χ0n) is 16.8. The fraction of sp³-hybridized carbons (Fsp3) is 0.250. The van der Waals surface area contributed by atoms with E-state index in [2.05, 4.69) is 24.3 Å². The minimum atomic E-state index is 0.518. The van der Waals surface area contributed by atoms with Crippen LogP contribution in [0.1, 0.15) is 22.3 Å². The van der Waals surface area contributed by atoms with Crippen molar-refractivity contribution in [1.82, 2.24) is 0 Å². The molecule has 0 aromatic heterocycles. The quantitative estimate of drug-likeness (QED) is 0.520. The van der Waals surface area contributed by atoms with Gasteiger partial charge >= 0.3 is 0 Å². The first-order valence-electron chi connectivity index (χ1n) is 9.21. The van der Waals surface area contributed by atoms with Gasteiger partial charge in [-0.2, -0.15) is 0 Å². The maximum absolute atomic E-state index is 5.88. The smallest absolute Gasteiger partial charge is 0.122 e. The van der Waals surface area contributed by atoms with Crippen molar-refractivity contribution in [1.29, 1.82) is 0 Å². The highest BCUT2D eigenvalue weighted by Crippen LogP contribution is 2.25. The van der Waals surface area contributed by atoms with Crippen LogP contribution in [0.15, 0.2) is 60.7 Å². The molecule has 0 radical (unpaired) electrons. The summed E-state index contributed by atoms with van der Waals surface area (Å²) >= 11 is 0. The molecule has 0 unspecified atom stereocenters. The summed E-state index contributed by atoms with van der Waals surface area (Å²) in [5.41, 5.74) is 4.33. The molecule has 146 valence electrons. The maximum atomic E-state index is 5.88. The van der Waals surface area contributed by atoms with E-state index in [4.69, 9.17) is 18.9 Å². The molecule has 0 bridgehead atoms. The molecular formula is C24H26O4. The molecular weight excluding hydrogens is 352 g/mol. The van der Waals surface area contributed by atoms with E-state index in [0.717, 1.165) is 45.3 Å². The lowest BCUT2D eigenvalue weighted by Gasteiger charge is -2.11. The number of hydrogen-bond acceptors (Lipinski definition) is 4. The highest BCUT2D eigenvalue weighted by Gasteiger charge is 2.03. The second-order valence-corrected chi connectivity index (χ2v) is 6.66. The zero-order chi connectivity index (χ0) is 19.9. The lowest BCUT2D eigenvalue weighted by atomic mass is 10.1. The fourth-order valence-corrected chi connectivity index (χ4v) is 2.95. The molecule has 28 heavy (non-hydrogen) atoms. The van der Waals surface area contributed by atoms with Crippen LogP contribution in [0.25, 0.3) is 0 Å². The number of ether oxygens (including phenoxy) is 4. The largest absolute Gasteiger partial charge is 0.496 e. The van der Waals surface area contributed by atoms with E-state index in [-0.39, 0.29) is 0 Å². The van der Waals surface area contributed by atoms with E-state index >= 15 is 0 Å². The molecule has 0 aliphatic heterocycles. The Bertz CT molecular complexity index is 840. The van der Waals surface area contributed by atoms with Crippen LogP contribution in [-0.4, -0.2) is 14.2 Å². The Hall–Kier alpha value is -3.14. The number of rotatable bonds is 8. The SMILES string of the molecule is COc1ccc(OCc2ccc(COc3ccc(OC)c(C)c3)cc2)cc1C. The van der Waals surface area contributed by atoms with Crippen LogP contribution < -0.4 is 18.9 Å². The Morgan fingerprint density at radius 3 is 1.29 bits per heavy atom. The topological polar surface area (TPSA) is 36.9 Å². The molecule has 0 fully saturated rings. The molecule has 3 aromatic rings. The van der Waals surface area contributed by atoms with E-state index in [0.29, 0.717) is 13.2 Å². The van der Waals surface area contributed by atoms with Crippen LogP contribution in [0, 0.1) is 13.8 Å². The van der Waals surface area contributed by atoms with Crippen molar-refractivity contribution in [2.24, 2.45) is 0 Å². The Balaban J connectivity index is 1.53. The van der Waals surface area contributed by atoms with Crippen molar-refractivity contribution in [2.45, 2.75) is 27.1 Å². The molecule has 4 nitrogen and oxygen atoms in total. The van der Waals surface area contributed by atoms with Crippen LogP contribution in [-0.2, 0) is 13.2 Å². The summed E-state index contributed by atoms with van der Waals surface area (Å²) in [4.78, 5) is 0. The van der Waals surface area contributed by atoms with Gasteiger partial charge in [-0.25, -0.2) is 0 Å². The van der Waals surface area contributed by atoms with E-state index in [1.807, 2.05) is 50.2 Å². The summed E-state index contributed by atoms with van der Waals surface area (Å²) in [6.07, 6.45) is 0. The number of benzene rings is 3. The van der Waals surface area contributed by atoms with Gasteiger partial charge in [0.15, 0.2) is 0 Å². The van der Waals surface area contributed by atoms with Gasteiger partial charge in [0.25, 0.3) is 0 Å². The average molecular weight is 378 g/mol. The van der Waals surface area contributed by atoms with Crippen molar-refractivity contribution in [3.8, 4) is 23.0 Å². The van der Waals surface area contributed by atoms with E-state index in [1.54, 1.807) is 14.2 Å². The predicted molar refractivity (Wildman–Crippen MR) is 111 cm³/mol. The first-order valence-corrected chi connectivity index (χ1v) is 9.21. The molecule has 3 rings (SSSR count). The van der Waals surface area contributed by atoms with Crippen LogP contribution in [0.3, 0.4) is 0 Å². The van der Waals surface area contributed by atoms with Gasteiger partial charge in [-0.3, -0.25) is 0 Å². The molecule has 0 N–H and O–H groups in total. The molecule has 3 aromatic carbocycles. The summed E-state index contributed by atoms with van der Waals surface area (Å²) in [6, 6.07) is 19.9. The lowest BCUT2D eigenvalue weighted by Crippen LogP contribution is -1.99. The number of aryl methyl sites for hydroxylation is 2. The van der Waals surface area contributed by atoms with Gasteiger partial charge in [0.1, 0.15) is 36.2 Å². The average Bonchev–Trinajstić information content (AvgIpc) is 2.71. The summed E-state index contributed by atoms with van der Waals surface area (Å²) in [5.74, 6) is 3.40. The third-order valence-electron chi connectivity index (χ3n) is 4.57. The summed E-state index contributed by atoms with van der Waals surface area (Å²) < 4.78 is 22.3. The molecule has 0 aliphatic carbocycles. The van der Waals surface area contributed by atoms with Crippen LogP contribution in [0.5, 0.6) is 23.0 Å². The molecule has 0 heterocycles. The Labute approximate surface area is 166 Å². The number of methoxy groups -OCH3 is 2. The third kappa shape index (κ3) is 4.97. The van der Waals surface area contributed by atoms with E-state index in [1.165, 1.54) is 0 Å². The predicted octanol–water partition coefficient (Wildman–Crippen LogP) is 5.48. The zero-order valence-corrected chi connectivity index (χ0v) is 16.8. The Morgan fingerprint density at radius 1 is 0.571 bits per heavy atom.